The molecule has 6 nitrogen and oxygen atoms in total. The van der Waals surface area contributed by atoms with Gasteiger partial charge in [0.25, 0.3) is 0 Å². The Kier molecular flexibility index (Phi) is 5.99. The van der Waals surface area contributed by atoms with Gasteiger partial charge in [0.2, 0.25) is 5.91 Å². The van der Waals surface area contributed by atoms with Crippen molar-refractivity contribution in [1.29, 1.82) is 0 Å². The third kappa shape index (κ3) is 4.81. The molecule has 0 aliphatic carbocycles. The maximum absolute atomic E-state index is 12.9. The Labute approximate surface area is 184 Å². The first-order valence-electron chi connectivity index (χ1n) is 10.6. The predicted octanol–water partition coefficient (Wildman–Crippen LogP) is 3.96. The second kappa shape index (κ2) is 8.72. The molecule has 2 aliphatic heterocycles. The number of halogens is 3. The molecule has 0 atom stereocenters. The van der Waals surface area contributed by atoms with Crippen molar-refractivity contribution in [3.05, 3.63) is 59.2 Å². The molecule has 0 unspecified atom stereocenters. The standard InChI is InChI=1S/C23H25F3N4O2/c1-16(31)28-9-11-29(12-10-28)21-4-2-3-20(14-21)27-22(32)30-8-7-17-13-19(23(24,25)26)6-5-18(17)15-30/h2-6,13-14H,7-12,15H2,1H3,(H,27,32). The highest BCUT2D eigenvalue weighted by Crippen LogP contribution is 2.32. The Morgan fingerprint density at radius 2 is 1.66 bits per heavy atom. The van der Waals surface area contributed by atoms with Crippen LogP contribution in [0, 0.1) is 0 Å². The molecule has 170 valence electrons. The van der Waals surface area contributed by atoms with Gasteiger partial charge in [0.15, 0.2) is 0 Å². The van der Waals surface area contributed by atoms with Gasteiger partial charge in [0.05, 0.1) is 5.56 Å². The van der Waals surface area contributed by atoms with Gasteiger partial charge in [-0.3, -0.25) is 4.79 Å². The van der Waals surface area contributed by atoms with Crippen molar-refractivity contribution in [2.24, 2.45) is 0 Å². The number of amides is 3. The Bertz CT molecular complexity index is 1020. The minimum absolute atomic E-state index is 0.0726. The van der Waals surface area contributed by atoms with Crippen molar-refractivity contribution < 1.29 is 22.8 Å². The number of carbonyl (C=O) groups excluding carboxylic acids is 2. The molecule has 0 radical (unpaired) electrons. The van der Waals surface area contributed by atoms with Crippen molar-refractivity contribution in [3.63, 3.8) is 0 Å². The van der Waals surface area contributed by atoms with E-state index in [4.69, 9.17) is 0 Å². The summed E-state index contributed by atoms with van der Waals surface area (Å²) in [4.78, 5) is 29.9. The van der Waals surface area contributed by atoms with Crippen LogP contribution >= 0.6 is 0 Å². The van der Waals surface area contributed by atoms with Gasteiger partial charge >= 0.3 is 12.2 Å². The number of carbonyl (C=O) groups is 2. The number of urea groups is 1. The Hall–Kier alpha value is -3.23. The zero-order chi connectivity index (χ0) is 22.9. The van der Waals surface area contributed by atoms with E-state index in [0.717, 1.165) is 30.4 Å². The lowest BCUT2D eigenvalue weighted by atomic mass is 9.97. The Morgan fingerprint density at radius 3 is 2.34 bits per heavy atom. The van der Waals surface area contributed by atoms with Crippen LogP contribution in [0.15, 0.2) is 42.5 Å². The molecule has 0 aromatic heterocycles. The van der Waals surface area contributed by atoms with E-state index in [-0.39, 0.29) is 18.5 Å². The number of alkyl halides is 3. The van der Waals surface area contributed by atoms with Gasteiger partial charge in [-0.1, -0.05) is 12.1 Å². The molecular weight excluding hydrogens is 421 g/mol. The second-order valence-electron chi connectivity index (χ2n) is 8.13. The number of anilines is 2. The number of fused-ring (bicyclic) bond motifs is 1. The number of hydrogen-bond donors (Lipinski definition) is 1. The lowest BCUT2D eigenvalue weighted by Gasteiger charge is -2.35. The molecule has 2 aromatic rings. The van der Waals surface area contributed by atoms with Gasteiger partial charge in [-0.2, -0.15) is 13.2 Å². The van der Waals surface area contributed by atoms with Crippen molar-refractivity contribution in [2.75, 3.05) is 42.9 Å². The quantitative estimate of drug-likeness (QED) is 0.760. The first-order chi connectivity index (χ1) is 15.2. The summed E-state index contributed by atoms with van der Waals surface area (Å²) in [5.41, 5.74) is 2.33. The molecule has 0 saturated carbocycles. The summed E-state index contributed by atoms with van der Waals surface area (Å²) in [6.45, 7) is 4.96. The molecule has 0 spiro atoms. The van der Waals surface area contributed by atoms with Gasteiger partial charge in [0, 0.05) is 57.6 Å². The molecule has 9 heteroatoms. The molecule has 2 aliphatic rings. The van der Waals surface area contributed by atoms with Gasteiger partial charge in [-0.15, -0.1) is 0 Å². The number of benzene rings is 2. The molecule has 1 N–H and O–H groups in total. The number of nitrogens with zero attached hydrogens (tertiary/aromatic N) is 3. The molecule has 3 amide bonds. The van der Waals surface area contributed by atoms with E-state index in [9.17, 15) is 22.8 Å². The zero-order valence-electron chi connectivity index (χ0n) is 17.8. The van der Waals surface area contributed by atoms with Gasteiger partial charge in [0.1, 0.15) is 0 Å². The summed E-state index contributed by atoms with van der Waals surface area (Å²) >= 11 is 0. The highest BCUT2D eigenvalue weighted by molar-refractivity contribution is 5.90. The van der Waals surface area contributed by atoms with Crippen LogP contribution in [0.5, 0.6) is 0 Å². The summed E-state index contributed by atoms with van der Waals surface area (Å²) in [5, 5.41) is 2.90. The number of hydrogen-bond acceptors (Lipinski definition) is 3. The maximum atomic E-state index is 12.9. The summed E-state index contributed by atoms with van der Waals surface area (Å²) < 4.78 is 38.8. The normalized spacial score (nSPS) is 16.6. The number of piperazine rings is 1. The molecule has 32 heavy (non-hydrogen) atoms. The molecule has 4 rings (SSSR count). The van der Waals surface area contributed by atoms with Crippen LogP contribution in [-0.2, 0) is 23.9 Å². The Balaban J connectivity index is 1.39. The predicted molar refractivity (Wildman–Crippen MR) is 115 cm³/mol. The molecule has 0 bridgehead atoms. The summed E-state index contributed by atoms with van der Waals surface area (Å²) in [5.74, 6) is 0.0726. The lowest BCUT2D eigenvalue weighted by Crippen LogP contribution is -2.48. The third-order valence-electron chi connectivity index (χ3n) is 6.02. The lowest BCUT2D eigenvalue weighted by molar-refractivity contribution is -0.137. The van der Waals surface area contributed by atoms with E-state index < -0.39 is 11.7 Å². The minimum atomic E-state index is -4.37. The van der Waals surface area contributed by atoms with Crippen molar-refractivity contribution in [1.82, 2.24) is 9.80 Å². The molecule has 2 aromatic carbocycles. The average Bonchev–Trinajstić information content (AvgIpc) is 2.78. The molecule has 1 fully saturated rings. The van der Waals surface area contributed by atoms with Gasteiger partial charge < -0.3 is 20.0 Å². The van der Waals surface area contributed by atoms with E-state index in [1.807, 2.05) is 23.1 Å². The van der Waals surface area contributed by atoms with Crippen LogP contribution in [0.3, 0.4) is 0 Å². The van der Waals surface area contributed by atoms with E-state index in [2.05, 4.69) is 10.2 Å². The molecule has 1 saturated heterocycles. The summed E-state index contributed by atoms with van der Waals surface area (Å²) in [6.07, 6.45) is -3.99. The van der Waals surface area contributed by atoms with Crippen molar-refractivity contribution in [3.8, 4) is 0 Å². The topological polar surface area (TPSA) is 55.9 Å². The van der Waals surface area contributed by atoms with Crippen molar-refractivity contribution in [2.45, 2.75) is 26.1 Å². The zero-order valence-corrected chi connectivity index (χ0v) is 17.8. The van der Waals surface area contributed by atoms with E-state index in [0.29, 0.717) is 37.3 Å². The maximum Gasteiger partial charge on any atom is 0.416 e. The largest absolute Gasteiger partial charge is 0.416 e. The van der Waals surface area contributed by atoms with Crippen LogP contribution in [-0.4, -0.2) is 54.5 Å². The molecular formula is C23H25F3N4O2. The van der Waals surface area contributed by atoms with Gasteiger partial charge in [-0.05, 0) is 47.9 Å². The van der Waals surface area contributed by atoms with Crippen molar-refractivity contribution >= 4 is 23.3 Å². The van der Waals surface area contributed by atoms with Crippen LogP contribution in [0.4, 0.5) is 29.3 Å². The summed E-state index contributed by atoms with van der Waals surface area (Å²) in [6, 6.07) is 11.0. The van der Waals surface area contributed by atoms with Crippen LogP contribution in [0.25, 0.3) is 0 Å². The fourth-order valence-electron chi connectivity index (χ4n) is 4.17. The first-order valence-corrected chi connectivity index (χ1v) is 10.6. The SMILES string of the molecule is CC(=O)N1CCN(c2cccc(NC(=O)N3CCc4cc(C(F)(F)F)ccc4C3)c2)CC1. The minimum Gasteiger partial charge on any atom is -0.368 e. The average molecular weight is 446 g/mol. The molecule has 2 heterocycles. The van der Waals surface area contributed by atoms with E-state index in [1.54, 1.807) is 17.9 Å². The van der Waals surface area contributed by atoms with Crippen LogP contribution in [0.2, 0.25) is 0 Å². The first kappa shape index (κ1) is 22.0. The van der Waals surface area contributed by atoms with E-state index in [1.165, 1.54) is 12.1 Å². The van der Waals surface area contributed by atoms with Crippen LogP contribution in [0.1, 0.15) is 23.6 Å². The fourth-order valence-corrected chi connectivity index (χ4v) is 4.17. The fraction of sp³-hybridized carbons (Fsp3) is 0.391. The number of rotatable bonds is 2. The third-order valence-corrected chi connectivity index (χ3v) is 6.02. The Morgan fingerprint density at radius 1 is 0.906 bits per heavy atom. The highest BCUT2D eigenvalue weighted by Gasteiger charge is 2.32. The monoisotopic (exact) mass is 446 g/mol. The van der Waals surface area contributed by atoms with E-state index >= 15 is 0 Å². The summed E-state index contributed by atoms with van der Waals surface area (Å²) in [7, 11) is 0. The highest BCUT2D eigenvalue weighted by atomic mass is 19.4. The van der Waals surface area contributed by atoms with Crippen LogP contribution < -0.4 is 10.2 Å². The smallest absolute Gasteiger partial charge is 0.368 e. The second-order valence-corrected chi connectivity index (χ2v) is 8.13. The van der Waals surface area contributed by atoms with Gasteiger partial charge in [-0.25, -0.2) is 4.79 Å². The number of nitrogens with one attached hydrogen (secondary N) is 1.